The van der Waals surface area contributed by atoms with Gasteiger partial charge < -0.3 is 20.6 Å². The lowest BCUT2D eigenvalue weighted by Crippen LogP contribution is -2.44. The topological polar surface area (TPSA) is 98.7 Å². The van der Waals surface area contributed by atoms with Gasteiger partial charge in [0.05, 0.1) is 11.3 Å². The van der Waals surface area contributed by atoms with Crippen LogP contribution in [0.15, 0.2) is 48.5 Å². The number of carboxylic acid groups (broad SMARTS) is 1. The molecule has 0 aromatic heterocycles. The van der Waals surface area contributed by atoms with E-state index in [-0.39, 0.29) is 22.9 Å². The Labute approximate surface area is 232 Å². The Morgan fingerprint density at radius 2 is 1.48 bits per heavy atom. The lowest BCUT2D eigenvalue weighted by atomic mass is 9.93. The minimum Gasteiger partial charge on any atom is -0.480 e. The Balaban J connectivity index is 1.73. The van der Waals surface area contributed by atoms with Crippen LogP contribution in [-0.4, -0.2) is 40.5 Å². The van der Waals surface area contributed by atoms with E-state index >= 15 is 0 Å². The number of aliphatic carboxylic acids is 1. The van der Waals surface area contributed by atoms with Crippen molar-refractivity contribution in [3.8, 4) is 11.1 Å². The molecule has 1 aliphatic rings. The van der Waals surface area contributed by atoms with Crippen molar-refractivity contribution in [3.05, 3.63) is 82.4 Å². The zero-order valence-electron chi connectivity index (χ0n) is 22.8. The molecule has 0 heterocycles. The average molecular weight is 550 g/mol. The number of benzene rings is 3. The molecule has 1 aliphatic carbocycles. The van der Waals surface area contributed by atoms with Crippen LogP contribution in [0.5, 0.6) is 0 Å². The fourth-order valence-corrected chi connectivity index (χ4v) is 5.44. The fourth-order valence-electron chi connectivity index (χ4n) is 5.44. The van der Waals surface area contributed by atoms with Crippen LogP contribution in [0, 0.1) is 32.4 Å². The molecule has 0 atom stereocenters. The first-order valence-corrected chi connectivity index (χ1v) is 13.3. The second-order valence-corrected chi connectivity index (χ2v) is 10.4. The van der Waals surface area contributed by atoms with Crippen LogP contribution in [0.25, 0.3) is 11.1 Å². The molecule has 0 bridgehead atoms. The minimum atomic E-state index is -1.14. The second kappa shape index (κ2) is 12.3. The molecular weight excluding hydrogens is 516 g/mol. The molecule has 9 heteroatoms. The van der Waals surface area contributed by atoms with Gasteiger partial charge in [0.2, 0.25) is 0 Å². The normalized spacial score (nSPS) is 13.5. The largest absolute Gasteiger partial charge is 0.480 e. The van der Waals surface area contributed by atoms with Crippen molar-refractivity contribution in [2.45, 2.75) is 58.9 Å². The summed E-state index contributed by atoms with van der Waals surface area (Å²) in [6, 6.07) is 10.5. The average Bonchev–Trinajstić information content (AvgIpc) is 2.89. The summed E-state index contributed by atoms with van der Waals surface area (Å²) in [5, 5.41) is 15.1. The maximum absolute atomic E-state index is 14.0. The third-order valence-electron chi connectivity index (χ3n) is 7.19. The zero-order valence-corrected chi connectivity index (χ0v) is 22.8. The molecule has 3 aromatic rings. The summed E-state index contributed by atoms with van der Waals surface area (Å²) >= 11 is 0. The number of carbonyl (C=O) groups excluding carboxylic acids is 2. The van der Waals surface area contributed by atoms with E-state index in [0.717, 1.165) is 54.2 Å². The molecule has 3 aromatic carbocycles. The highest BCUT2D eigenvalue weighted by Gasteiger charge is 2.30. The molecule has 7 nitrogen and oxygen atoms in total. The molecule has 0 aliphatic heterocycles. The molecule has 210 valence electrons. The Hall–Kier alpha value is -4.27. The van der Waals surface area contributed by atoms with E-state index in [9.17, 15) is 28.3 Å². The summed E-state index contributed by atoms with van der Waals surface area (Å²) in [5.41, 5.74) is 4.16. The maximum Gasteiger partial charge on any atom is 0.323 e. The van der Waals surface area contributed by atoms with Gasteiger partial charge in [0.15, 0.2) is 0 Å². The van der Waals surface area contributed by atoms with E-state index in [0.29, 0.717) is 24.1 Å². The first-order valence-electron chi connectivity index (χ1n) is 13.3. The number of hydrogen-bond acceptors (Lipinski definition) is 3. The molecule has 4 rings (SSSR count). The number of halogens is 2. The van der Waals surface area contributed by atoms with Gasteiger partial charge in [-0.2, -0.15) is 0 Å². The number of hydrogen-bond donors (Lipinski definition) is 3. The number of aryl methyl sites for hydroxylation is 3. The molecule has 0 saturated heterocycles. The van der Waals surface area contributed by atoms with Crippen molar-refractivity contribution in [1.82, 2.24) is 4.90 Å². The van der Waals surface area contributed by atoms with Crippen LogP contribution in [0.2, 0.25) is 0 Å². The Morgan fingerprint density at radius 1 is 0.850 bits per heavy atom. The van der Waals surface area contributed by atoms with Crippen LogP contribution in [0.1, 0.15) is 59.2 Å². The lowest BCUT2D eigenvalue weighted by molar-refractivity contribution is -0.138. The number of carboxylic acids is 1. The Morgan fingerprint density at radius 3 is 2.08 bits per heavy atom. The van der Waals surface area contributed by atoms with Crippen molar-refractivity contribution in [2.24, 2.45) is 0 Å². The maximum atomic E-state index is 14.0. The summed E-state index contributed by atoms with van der Waals surface area (Å²) < 4.78 is 28.0. The standard InChI is InChI=1S/C31H33F2N3O4/c1-18-11-19(2)29(20(3)12-18)35-31(40)34-27-15-21(22-13-23(32)16-24(33)14-22)9-10-26(27)30(39)36(17-28(37)38)25-7-5-4-6-8-25/h9-16,25H,4-8,17H2,1-3H3,(H,37,38)(H2,34,35,40). The summed E-state index contributed by atoms with van der Waals surface area (Å²) in [5.74, 6) is -3.21. The smallest absolute Gasteiger partial charge is 0.323 e. The number of urea groups is 1. The molecule has 0 radical (unpaired) electrons. The van der Waals surface area contributed by atoms with Crippen molar-refractivity contribution in [2.75, 3.05) is 17.2 Å². The highest BCUT2D eigenvalue weighted by Crippen LogP contribution is 2.31. The van der Waals surface area contributed by atoms with E-state index in [1.54, 1.807) is 0 Å². The third kappa shape index (κ3) is 6.83. The summed E-state index contributed by atoms with van der Waals surface area (Å²) in [4.78, 5) is 40.0. The molecular formula is C31H33F2N3O4. The van der Waals surface area contributed by atoms with Crippen LogP contribution < -0.4 is 10.6 Å². The van der Waals surface area contributed by atoms with Gasteiger partial charge in [-0.1, -0.05) is 43.0 Å². The van der Waals surface area contributed by atoms with Crippen molar-refractivity contribution in [1.29, 1.82) is 0 Å². The number of anilines is 2. The molecule has 1 fully saturated rings. The van der Waals surface area contributed by atoms with Crippen LogP contribution in [-0.2, 0) is 4.79 Å². The molecule has 40 heavy (non-hydrogen) atoms. The monoisotopic (exact) mass is 549 g/mol. The van der Waals surface area contributed by atoms with Crippen LogP contribution in [0.3, 0.4) is 0 Å². The summed E-state index contributed by atoms with van der Waals surface area (Å²) in [7, 11) is 0. The molecule has 1 saturated carbocycles. The van der Waals surface area contributed by atoms with Gasteiger partial charge in [0.1, 0.15) is 18.2 Å². The number of rotatable bonds is 7. The Bertz CT molecular complexity index is 1410. The predicted molar refractivity (Wildman–Crippen MR) is 151 cm³/mol. The fraction of sp³-hybridized carbons (Fsp3) is 0.323. The van der Waals surface area contributed by atoms with Gasteiger partial charge in [-0.3, -0.25) is 9.59 Å². The molecule has 0 unspecified atom stereocenters. The molecule has 3 amide bonds. The molecule has 0 spiro atoms. The first-order chi connectivity index (χ1) is 19.0. The van der Waals surface area contributed by atoms with Crippen molar-refractivity contribution >= 4 is 29.3 Å². The van der Waals surface area contributed by atoms with Crippen LogP contribution >= 0.6 is 0 Å². The lowest BCUT2D eigenvalue weighted by Gasteiger charge is -2.33. The predicted octanol–water partition coefficient (Wildman–Crippen LogP) is 7.06. The van der Waals surface area contributed by atoms with E-state index in [1.165, 1.54) is 23.1 Å². The van der Waals surface area contributed by atoms with Gasteiger partial charge >= 0.3 is 12.0 Å². The minimum absolute atomic E-state index is 0.0833. The van der Waals surface area contributed by atoms with E-state index < -0.39 is 36.1 Å². The van der Waals surface area contributed by atoms with Crippen molar-refractivity contribution in [3.63, 3.8) is 0 Å². The summed E-state index contributed by atoms with van der Waals surface area (Å²) in [6.45, 7) is 5.22. The Kier molecular flexibility index (Phi) is 8.82. The van der Waals surface area contributed by atoms with Gasteiger partial charge in [-0.15, -0.1) is 0 Å². The van der Waals surface area contributed by atoms with Gasteiger partial charge in [0, 0.05) is 17.8 Å². The quantitative estimate of drug-likeness (QED) is 0.294. The zero-order chi connectivity index (χ0) is 29.0. The van der Waals surface area contributed by atoms with Gasteiger partial charge in [-0.25, -0.2) is 13.6 Å². The van der Waals surface area contributed by atoms with Gasteiger partial charge in [-0.05, 0) is 80.1 Å². The van der Waals surface area contributed by atoms with E-state index in [1.807, 2.05) is 32.9 Å². The van der Waals surface area contributed by atoms with Crippen molar-refractivity contribution < 1.29 is 28.3 Å². The number of carbonyl (C=O) groups is 3. The number of nitrogens with one attached hydrogen (secondary N) is 2. The SMILES string of the molecule is Cc1cc(C)c(NC(=O)Nc2cc(-c3cc(F)cc(F)c3)ccc2C(=O)N(CC(=O)O)C2CCCCC2)c(C)c1. The van der Waals surface area contributed by atoms with Gasteiger partial charge in [0.25, 0.3) is 5.91 Å². The van der Waals surface area contributed by atoms with E-state index in [2.05, 4.69) is 10.6 Å². The third-order valence-corrected chi connectivity index (χ3v) is 7.19. The summed E-state index contributed by atoms with van der Waals surface area (Å²) in [6.07, 6.45) is 4.18. The first kappa shape index (κ1) is 28.7. The number of amides is 3. The molecule has 3 N–H and O–H groups in total. The number of nitrogens with zero attached hydrogens (tertiary/aromatic N) is 1. The highest BCUT2D eigenvalue weighted by molar-refractivity contribution is 6.08. The highest BCUT2D eigenvalue weighted by atomic mass is 19.1. The van der Waals surface area contributed by atoms with Crippen LogP contribution in [0.4, 0.5) is 25.0 Å². The van der Waals surface area contributed by atoms with E-state index in [4.69, 9.17) is 0 Å². The second-order valence-electron chi connectivity index (χ2n) is 10.4.